The molecular formula is C47H74O18. The number of aliphatic hydroxyl groups is 10. The predicted octanol–water partition coefficient (Wildman–Crippen LogP) is 0.0534. The second-order valence-electron chi connectivity index (χ2n) is 23.1. The van der Waals surface area contributed by atoms with Gasteiger partial charge in [-0.2, -0.15) is 0 Å². The van der Waals surface area contributed by atoms with Crippen molar-refractivity contribution < 1.29 is 89.0 Å². The highest BCUT2D eigenvalue weighted by Crippen LogP contribution is 2.77. The zero-order valence-corrected chi connectivity index (χ0v) is 38.9. The molecule has 1 spiro atoms. The molecule has 0 aromatic carbocycles. The highest BCUT2D eigenvalue weighted by molar-refractivity contribution is 5.86. The summed E-state index contributed by atoms with van der Waals surface area (Å²) in [5.74, 6) is -0.358. The third kappa shape index (κ3) is 6.74. The molecule has 24 atom stereocenters. The van der Waals surface area contributed by atoms with Crippen molar-refractivity contribution in [2.24, 2.45) is 38.9 Å². The fourth-order valence-electron chi connectivity index (χ4n) is 15.5. The number of ether oxygens (including phenoxy) is 7. The molecule has 10 N–H and O–H groups in total. The Bertz CT molecular complexity index is 1880. The summed E-state index contributed by atoms with van der Waals surface area (Å²) in [4.78, 5) is 13.8. The van der Waals surface area contributed by atoms with Crippen LogP contribution in [0.5, 0.6) is 0 Å². The highest BCUT2D eigenvalue weighted by atomic mass is 16.8. The molecule has 2 bridgehead atoms. The first-order valence-corrected chi connectivity index (χ1v) is 23.9. The lowest BCUT2D eigenvalue weighted by Crippen LogP contribution is -2.72. The van der Waals surface area contributed by atoms with E-state index in [2.05, 4.69) is 34.6 Å². The van der Waals surface area contributed by atoms with E-state index >= 15 is 0 Å². The van der Waals surface area contributed by atoms with E-state index in [1.165, 1.54) is 6.92 Å². The van der Waals surface area contributed by atoms with Crippen LogP contribution in [-0.2, 0) is 38.0 Å². The molecule has 4 saturated carbocycles. The number of carbonyl (C=O) groups excluding carboxylic acids is 1. The summed E-state index contributed by atoms with van der Waals surface area (Å²) in [6, 6.07) is 0. The van der Waals surface area contributed by atoms with Gasteiger partial charge < -0.3 is 84.2 Å². The molecular weight excluding hydrogens is 852 g/mol. The zero-order chi connectivity index (χ0) is 47.4. The minimum Gasteiger partial charge on any atom is -0.455 e. The van der Waals surface area contributed by atoms with Crippen LogP contribution >= 0.6 is 0 Å². The number of hydrogen-bond donors (Lipinski definition) is 10. The first kappa shape index (κ1) is 48.6. The van der Waals surface area contributed by atoms with E-state index in [-0.39, 0.29) is 28.6 Å². The molecule has 5 aliphatic carbocycles. The zero-order valence-electron chi connectivity index (χ0n) is 38.9. The lowest BCUT2D eigenvalue weighted by molar-refractivity contribution is -0.382. The second-order valence-corrected chi connectivity index (χ2v) is 23.1. The third-order valence-corrected chi connectivity index (χ3v) is 19.6. The van der Waals surface area contributed by atoms with E-state index < -0.39 is 139 Å². The van der Waals surface area contributed by atoms with Crippen molar-refractivity contribution in [2.45, 2.75) is 223 Å². The monoisotopic (exact) mass is 926 g/mol. The van der Waals surface area contributed by atoms with Crippen LogP contribution in [0.2, 0.25) is 0 Å². The van der Waals surface area contributed by atoms with Gasteiger partial charge in [-0.25, -0.2) is 0 Å². The van der Waals surface area contributed by atoms with E-state index in [4.69, 9.17) is 33.2 Å². The molecule has 9 fully saturated rings. The summed E-state index contributed by atoms with van der Waals surface area (Å²) >= 11 is 0. The van der Waals surface area contributed by atoms with E-state index in [1.54, 1.807) is 6.92 Å². The molecule has 0 unspecified atom stereocenters. The van der Waals surface area contributed by atoms with Crippen molar-refractivity contribution in [2.75, 3.05) is 13.2 Å². The van der Waals surface area contributed by atoms with Gasteiger partial charge in [0.05, 0.1) is 36.9 Å². The van der Waals surface area contributed by atoms with Crippen molar-refractivity contribution in [3.05, 3.63) is 11.1 Å². The van der Waals surface area contributed by atoms with Crippen LogP contribution in [0.15, 0.2) is 11.1 Å². The first-order valence-electron chi connectivity index (χ1n) is 23.9. The Morgan fingerprint density at radius 3 is 2.02 bits per heavy atom. The van der Waals surface area contributed by atoms with Crippen molar-refractivity contribution in [3.63, 3.8) is 0 Å². The fourth-order valence-corrected chi connectivity index (χ4v) is 15.5. The van der Waals surface area contributed by atoms with Crippen LogP contribution in [-0.4, -0.2) is 180 Å². The van der Waals surface area contributed by atoms with E-state index in [0.717, 1.165) is 30.4 Å². The van der Waals surface area contributed by atoms with Gasteiger partial charge in [-0.05, 0) is 118 Å². The molecule has 370 valence electrons. The van der Waals surface area contributed by atoms with E-state index in [0.29, 0.717) is 38.5 Å². The van der Waals surface area contributed by atoms with Gasteiger partial charge in [-0.3, -0.25) is 4.79 Å². The largest absolute Gasteiger partial charge is 0.455 e. The number of esters is 1. The molecule has 5 heterocycles. The topological polar surface area (TPSA) is 284 Å². The fraction of sp³-hybridized carbons (Fsp3) is 0.936. The standard InChI is InChI=1S/C47H74O18/c1-20-27(51)30(54)31(55)37(60-20)64-34-28(52)23(50)19-59-39(34)63-33-29(53)24(18-48)61-38(32(33)56)62-26-10-11-42(4)25(41(26,2)3)9-12-44(6)36(42)22(49)17-21-35-46(8,58)45(7)14-16-47(35,40(57)65-45)15-13-43(21,44)5/h20,22-34,36-39,48-56,58H,9-19H2,1-8H3/t20-,22-,23-,24+,25-,26-,27-,28-,29+,30+,31+,32+,33-,34+,36+,37-,38-,39-,42-,43+,44+,45-,46-,47+/m0/s1. The quantitative estimate of drug-likeness (QED) is 0.0918. The SMILES string of the molecule is C[C@@H]1O[C@@H](O[C@H]2[C@H](O[C@@H]3[C@@H](O)[C@H](O[C@H]4CC[C@]5(C)[C@H]6[C@@H](O)CC7=C8[C@]9(CC[C@](C)(OC9=O)[C@@]8(C)O)CC[C@@]7(C)[C@]6(C)CC[C@H]5C4(C)C)O[C@H](CO)[C@H]3O)OC[C@H](O)[C@@H]2O)[C@H](O)[C@H](O)[C@H]1O. The second kappa shape index (κ2) is 16.0. The molecule has 10 rings (SSSR count). The van der Waals surface area contributed by atoms with Crippen molar-refractivity contribution in [1.82, 2.24) is 0 Å². The van der Waals surface area contributed by atoms with Crippen LogP contribution in [0.4, 0.5) is 0 Å². The summed E-state index contributed by atoms with van der Waals surface area (Å²) in [6.45, 7) is 15.1. The van der Waals surface area contributed by atoms with Crippen molar-refractivity contribution >= 4 is 5.97 Å². The Kier molecular flexibility index (Phi) is 12.0. The molecule has 0 radical (unpaired) electrons. The Hall–Kier alpha value is -1.43. The van der Waals surface area contributed by atoms with Gasteiger partial charge in [-0.15, -0.1) is 0 Å². The number of fused-ring (bicyclic) bond motifs is 7. The molecule has 10 aliphatic rings. The Labute approximate surface area is 380 Å². The van der Waals surface area contributed by atoms with E-state index in [1.807, 2.05) is 6.92 Å². The summed E-state index contributed by atoms with van der Waals surface area (Å²) in [7, 11) is 0. The molecule has 18 nitrogen and oxygen atoms in total. The molecule has 0 aromatic rings. The van der Waals surface area contributed by atoms with Gasteiger partial charge in [0, 0.05) is 0 Å². The maximum Gasteiger partial charge on any atom is 0.316 e. The molecule has 5 aliphatic heterocycles. The van der Waals surface area contributed by atoms with Crippen molar-refractivity contribution in [1.29, 1.82) is 0 Å². The summed E-state index contributed by atoms with van der Waals surface area (Å²) in [6.07, 6.45) is -17.0. The third-order valence-electron chi connectivity index (χ3n) is 19.6. The van der Waals surface area contributed by atoms with Crippen LogP contribution in [0.25, 0.3) is 0 Å². The lowest BCUT2D eigenvalue weighted by atomic mass is 9.33. The summed E-state index contributed by atoms with van der Waals surface area (Å²) in [5.41, 5.74) is -3.20. The van der Waals surface area contributed by atoms with Gasteiger partial charge in [-0.1, -0.05) is 40.2 Å². The lowest BCUT2D eigenvalue weighted by Gasteiger charge is -2.73. The van der Waals surface area contributed by atoms with Crippen LogP contribution in [0, 0.1) is 38.9 Å². The van der Waals surface area contributed by atoms with Crippen molar-refractivity contribution in [3.8, 4) is 0 Å². The van der Waals surface area contributed by atoms with Crippen LogP contribution in [0.3, 0.4) is 0 Å². The summed E-state index contributed by atoms with van der Waals surface area (Å²) in [5, 5.41) is 111. The van der Waals surface area contributed by atoms with Gasteiger partial charge >= 0.3 is 5.97 Å². The van der Waals surface area contributed by atoms with Gasteiger partial charge in [0.25, 0.3) is 0 Å². The summed E-state index contributed by atoms with van der Waals surface area (Å²) < 4.78 is 42.0. The van der Waals surface area contributed by atoms with Gasteiger partial charge in [0.1, 0.15) is 72.2 Å². The smallest absolute Gasteiger partial charge is 0.316 e. The number of carbonyl (C=O) groups is 1. The molecule has 65 heavy (non-hydrogen) atoms. The van der Waals surface area contributed by atoms with E-state index in [9.17, 15) is 55.9 Å². The van der Waals surface area contributed by atoms with Gasteiger partial charge in [0.15, 0.2) is 18.9 Å². The van der Waals surface area contributed by atoms with Crippen LogP contribution < -0.4 is 0 Å². The predicted molar refractivity (Wildman–Crippen MR) is 224 cm³/mol. The number of aliphatic hydroxyl groups excluding tert-OH is 9. The number of rotatable bonds is 7. The average molecular weight is 927 g/mol. The minimum atomic E-state index is -1.77. The first-order chi connectivity index (χ1) is 30.2. The Balaban J connectivity index is 0.949. The molecule has 5 saturated heterocycles. The molecule has 0 amide bonds. The maximum absolute atomic E-state index is 13.8. The molecule has 18 heteroatoms. The normalized spacial score (nSPS) is 57.4. The highest BCUT2D eigenvalue weighted by Gasteiger charge is 2.75. The molecule has 0 aromatic heterocycles. The average Bonchev–Trinajstić information content (AvgIpc) is 3.23. The van der Waals surface area contributed by atoms with Gasteiger partial charge in [0.2, 0.25) is 0 Å². The Morgan fingerprint density at radius 1 is 0.677 bits per heavy atom. The maximum atomic E-state index is 13.8. The number of hydrogen-bond acceptors (Lipinski definition) is 18. The Morgan fingerprint density at radius 2 is 1.34 bits per heavy atom. The minimum absolute atomic E-state index is 0.0325. The van der Waals surface area contributed by atoms with Crippen LogP contribution in [0.1, 0.15) is 113 Å².